The van der Waals surface area contributed by atoms with Crippen molar-refractivity contribution in [3.05, 3.63) is 89.2 Å². The first kappa shape index (κ1) is 29.3. The maximum atomic E-state index is 13.2. The van der Waals surface area contributed by atoms with Crippen LogP contribution < -0.4 is 15.4 Å². The number of nitrogens with zero attached hydrogens (tertiary/aromatic N) is 4. The van der Waals surface area contributed by atoms with Gasteiger partial charge in [0, 0.05) is 30.1 Å². The minimum Gasteiger partial charge on any atom is -0.490 e. The van der Waals surface area contributed by atoms with Crippen molar-refractivity contribution in [3.63, 3.8) is 0 Å². The fraction of sp³-hybridized carbons (Fsp3) is 0.312. The van der Waals surface area contributed by atoms with E-state index in [2.05, 4.69) is 16.7 Å². The number of aryl methyl sites for hydroxylation is 1. The number of pyridine rings is 1. The molecule has 2 N–H and O–H groups in total. The molecule has 0 saturated heterocycles. The molecule has 212 valence electrons. The number of hydrogen-bond acceptors (Lipinski definition) is 6. The molecule has 4 aromatic rings. The molecule has 0 aliphatic heterocycles. The molecule has 0 aliphatic rings. The maximum absolute atomic E-state index is 13.2. The number of nitrogens with one attached hydrogen (secondary N) is 2. The highest BCUT2D eigenvalue weighted by atomic mass is 16.5. The Bertz CT molecular complexity index is 1570. The standard InChI is InChI=1S/C32H36N6O3/c1-21(2)41-29-13-12-25(16-26(29)17-33)32(40)35-27(18-34-30(39)20-37(4)5)15-23-8-10-24(11-9-23)28-19-38-14-6-7-22(3)31(38)36-28/h6-14,16,19,21,27H,15,18,20H2,1-5H3,(H,34,39)(H,35,40). The van der Waals surface area contributed by atoms with Gasteiger partial charge in [-0.3, -0.25) is 9.59 Å². The lowest BCUT2D eigenvalue weighted by Gasteiger charge is -2.21. The van der Waals surface area contributed by atoms with Gasteiger partial charge >= 0.3 is 0 Å². The SMILES string of the molecule is Cc1cccn2cc(-c3ccc(CC(CNC(=O)CN(C)C)NC(=O)c4ccc(OC(C)C)c(C#N)c4)cc3)nc12. The van der Waals surface area contributed by atoms with Gasteiger partial charge in [0.05, 0.1) is 29.9 Å². The van der Waals surface area contributed by atoms with Crippen molar-refractivity contribution in [2.24, 2.45) is 0 Å². The minimum atomic E-state index is -0.380. The lowest BCUT2D eigenvalue weighted by Crippen LogP contribution is -2.46. The Balaban J connectivity index is 1.51. The van der Waals surface area contributed by atoms with Crippen LogP contribution >= 0.6 is 0 Å². The van der Waals surface area contributed by atoms with Gasteiger partial charge in [0.1, 0.15) is 17.5 Å². The van der Waals surface area contributed by atoms with Crippen molar-refractivity contribution in [3.8, 4) is 23.1 Å². The Morgan fingerprint density at radius 2 is 1.88 bits per heavy atom. The molecule has 0 saturated carbocycles. The smallest absolute Gasteiger partial charge is 0.251 e. The summed E-state index contributed by atoms with van der Waals surface area (Å²) < 4.78 is 7.69. The Morgan fingerprint density at radius 3 is 2.54 bits per heavy atom. The van der Waals surface area contributed by atoms with Crippen LogP contribution in [0.1, 0.15) is 40.9 Å². The van der Waals surface area contributed by atoms with Gasteiger partial charge in [0.15, 0.2) is 0 Å². The third-order valence-corrected chi connectivity index (χ3v) is 6.48. The Kier molecular flexibility index (Phi) is 9.37. The van der Waals surface area contributed by atoms with Gasteiger partial charge in [0.2, 0.25) is 5.91 Å². The summed E-state index contributed by atoms with van der Waals surface area (Å²) in [5.74, 6) is -0.0257. The summed E-state index contributed by atoms with van der Waals surface area (Å²) in [6.45, 7) is 6.29. The van der Waals surface area contributed by atoms with Crippen molar-refractivity contribution >= 4 is 17.5 Å². The maximum Gasteiger partial charge on any atom is 0.251 e. The normalized spacial score (nSPS) is 11.9. The number of amides is 2. The van der Waals surface area contributed by atoms with Crippen molar-refractivity contribution in [2.45, 2.75) is 39.3 Å². The molecule has 2 heterocycles. The molecule has 9 heteroatoms. The number of likely N-dealkylation sites (N-methyl/N-ethyl adjacent to an activating group) is 1. The number of fused-ring (bicyclic) bond motifs is 1. The Hall–Kier alpha value is -4.68. The van der Waals surface area contributed by atoms with Gasteiger partial charge in [-0.2, -0.15) is 5.26 Å². The number of benzene rings is 2. The van der Waals surface area contributed by atoms with E-state index >= 15 is 0 Å². The molecule has 0 fully saturated rings. The highest BCUT2D eigenvalue weighted by Crippen LogP contribution is 2.23. The molecule has 0 radical (unpaired) electrons. The third-order valence-electron chi connectivity index (χ3n) is 6.48. The molecule has 2 aromatic heterocycles. The first-order chi connectivity index (χ1) is 19.6. The first-order valence-electron chi connectivity index (χ1n) is 13.6. The number of rotatable bonds is 11. The van der Waals surface area contributed by atoms with E-state index < -0.39 is 0 Å². The lowest BCUT2D eigenvalue weighted by molar-refractivity contribution is -0.121. The summed E-state index contributed by atoms with van der Waals surface area (Å²) in [5, 5.41) is 15.5. The van der Waals surface area contributed by atoms with E-state index in [0.29, 0.717) is 23.3 Å². The lowest BCUT2D eigenvalue weighted by atomic mass is 10.0. The van der Waals surface area contributed by atoms with Crippen LogP contribution in [0.5, 0.6) is 5.75 Å². The van der Waals surface area contributed by atoms with Gasteiger partial charge in [-0.15, -0.1) is 0 Å². The van der Waals surface area contributed by atoms with E-state index in [1.54, 1.807) is 17.0 Å². The van der Waals surface area contributed by atoms with Crippen LogP contribution in [0.2, 0.25) is 0 Å². The summed E-state index contributed by atoms with van der Waals surface area (Å²) in [4.78, 5) is 32.1. The molecule has 41 heavy (non-hydrogen) atoms. The van der Waals surface area contributed by atoms with Crippen molar-refractivity contribution < 1.29 is 14.3 Å². The first-order valence-corrected chi connectivity index (χ1v) is 13.6. The van der Waals surface area contributed by atoms with Gasteiger partial charge in [-0.25, -0.2) is 4.98 Å². The predicted molar refractivity (Wildman–Crippen MR) is 159 cm³/mol. The molecule has 4 rings (SSSR count). The van der Waals surface area contributed by atoms with Crippen LogP contribution in [-0.4, -0.2) is 65.4 Å². The summed E-state index contributed by atoms with van der Waals surface area (Å²) in [6.07, 6.45) is 4.39. The molecule has 1 unspecified atom stereocenters. The summed E-state index contributed by atoms with van der Waals surface area (Å²) >= 11 is 0. The fourth-order valence-electron chi connectivity index (χ4n) is 4.53. The quantitative estimate of drug-likeness (QED) is 0.291. The van der Waals surface area contributed by atoms with Crippen molar-refractivity contribution in [2.75, 3.05) is 27.2 Å². The highest BCUT2D eigenvalue weighted by molar-refractivity contribution is 5.95. The van der Waals surface area contributed by atoms with Crippen LogP contribution in [0.15, 0.2) is 67.0 Å². The van der Waals surface area contributed by atoms with E-state index in [-0.39, 0.29) is 37.0 Å². The number of aromatic nitrogens is 2. The van der Waals surface area contributed by atoms with Gasteiger partial charge < -0.3 is 24.7 Å². The molecule has 2 amide bonds. The molecular formula is C32H36N6O3. The molecule has 2 aromatic carbocycles. The van der Waals surface area contributed by atoms with E-state index in [1.807, 2.05) is 88.1 Å². The molecule has 9 nitrogen and oxygen atoms in total. The number of ether oxygens (including phenoxy) is 1. The number of nitriles is 1. The zero-order chi connectivity index (χ0) is 29.5. The second-order valence-corrected chi connectivity index (χ2v) is 10.7. The Labute approximate surface area is 240 Å². The van der Waals surface area contributed by atoms with E-state index in [0.717, 1.165) is 28.0 Å². The van der Waals surface area contributed by atoms with Crippen LogP contribution in [0.25, 0.3) is 16.9 Å². The zero-order valence-electron chi connectivity index (χ0n) is 24.1. The number of imidazole rings is 1. The van der Waals surface area contributed by atoms with Crippen molar-refractivity contribution in [1.29, 1.82) is 5.26 Å². The van der Waals surface area contributed by atoms with Crippen LogP contribution in [0.4, 0.5) is 0 Å². The van der Waals surface area contributed by atoms with Gasteiger partial charge in [0.25, 0.3) is 5.91 Å². The number of carbonyl (C=O) groups excluding carboxylic acids is 2. The molecule has 1 atom stereocenters. The molecule has 0 bridgehead atoms. The largest absolute Gasteiger partial charge is 0.490 e. The molecule has 0 spiro atoms. The zero-order valence-corrected chi connectivity index (χ0v) is 24.1. The topological polar surface area (TPSA) is 112 Å². The minimum absolute atomic E-state index is 0.0971. The number of hydrogen-bond donors (Lipinski definition) is 2. The highest BCUT2D eigenvalue weighted by Gasteiger charge is 2.18. The summed E-state index contributed by atoms with van der Waals surface area (Å²) in [5.41, 5.74) is 5.54. The second kappa shape index (κ2) is 13.1. The predicted octanol–water partition coefficient (Wildman–Crippen LogP) is 3.99. The van der Waals surface area contributed by atoms with Gasteiger partial charge in [-0.05, 0) is 76.7 Å². The summed E-state index contributed by atoms with van der Waals surface area (Å²) in [7, 11) is 3.65. The fourth-order valence-corrected chi connectivity index (χ4v) is 4.53. The second-order valence-electron chi connectivity index (χ2n) is 10.7. The number of carbonyl (C=O) groups is 2. The third kappa shape index (κ3) is 7.71. The van der Waals surface area contributed by atoms with E-state index in [1.165, 1.54) is 6.07 Å². The average Bonchev–Trinajstić information content (AvgIpc) is 3.37. The summed E-state index contributed by atoms with van der Waals surface area (Å²) in [6, 6.07) is 18.6. The Morgan fingerprint density at radius 1 is 1.12 bits per heavy atom. The van der Waals surface area contributed by atoms with E-state index in [9.17, 15) is 14.9 Å². The monoisotopic (exact) mass is 552 g/mol. The molecule has 0 aliphatic carbocycles. The molecular weight excluding hydrogens is 516 g/mol. The average molecular weight is 553 g/mol. The van der Waals surface area contributed by atoms with E-state index in [4.69, 9.17) is 9.72 Å². The van der Waals surface area contributed by atoms with Crippen LogP contribution in [0.3, 0.4) is 0 Å². The van der Waals surface area contributed by atoms with Crippen LogP contribution in [-0.2, 0) is 11.2 Å². The van der Waals surface area contributed by atoms with Crippen LogP contribution in [0, 0.1) is 18.3 Å². The van der Waals surface area contributed by atoms with Gasteiger partial charge in [-0.1, -0.05) is 30.3 Å². The van der Waals surface area contributed by atoms with Crippen molar-refractivity contribution in [1.82, 2.24) is 24.9 Å².